The van der Waals surface area contributed by atoms with Gasteiger partial charge in [-0.05, 0) is 23.7 Å². The van der Waals surface area contributed by atoms with E-state index < -0.39 is 0 Å². The Morgan fingerprint density at radius 1 is 1.25 bits per heavy atom. The van der Waals surface area contributed by atoms with Crippen molar-refractivity contribution in [3.05, 3.63) is 47.8 Å². The van der Waals surface area contributed by atoms with Gasteiger partial charge < -0.3 is 19.7 Å². The van der Waals surface area contributed by atoms with Crippen molar-refractivity contribution in [2.45, 2.75) is 6.04 Å². The van der Waals surface area contributed by atoms with Crippen LogP contribution in [0.15, 0.2) is 36.7 Å². The Balaban J connectivity index is 1.57. The van der Waals surface area contributed by atoms with Crippen molar-refractivity contribution >= 4 is 28.3 Å². The van der Waals surface area contributed by atoms with Crippen LogP contribution in [0.4, 0.5) is 10.2 Å². The van der Waals surface area contributed by atoms with E-state index in [4.69, 9.17) is 21.1 Å². The number of halogens is 2. The van der Waals surface area contributed by atoms with E-state index in [1.807, 2.05) is 0 Å². The second kappa shape index (κ2) is 8.12. The first-order chi connectivity index (χ1) is 13.7. The number of hydrogen-bond acceptors (Lipinski definition) is 7. The molecular weight excluding hydrogens is 385 g/mol. The molecular formula is C19H19ClFN5O2. The molecule has 0 radical (unpaired) electrons. The predicted octanol–water partition coefficient (Wildman–Crippen LogP) is 2.68. The van der Waals surface area contributed by atoms with Crippen molar-refractivity contribution in [1.29, 1.82) is 0 Å². The highest BCUT2D eigenvalue weighted by atomic mass is 35.5. The molecule has 1 atom stereocenters. The van der Waals surface area contributed by atoms with Crippen LogP contribution >= 0.6 is 11.6 Å². The molecule has 3 heterocycles. The van der Waals surface area contributed by atoms with Gasteiger partial charge in [0.05, 0.1) is 36.4 Å². The highest BCUT2D eigenvalue weighted by Gasteiger charge is 2.25. The summed E-state index contributed by atoms with van der Waals surface area (Å²) in [4.78, 5) is 14.9. The van der Waals surface area contributed by atoms with Crippen LogP contribution in [-0.4, -0.2) is 54.3 Å². The molecule has 9 heteroatoms. The third kappa shape index (κ3) is 3.79. The number of hydrogen-bond donors (Lipinski definition) is 1. The molecule has 0 aliphatic carbocycles. The van der Waals surface area contributed by atoms with E-state index in [0.717, 1.165) is 18.5 Å². The van der Waals surface area contributed by atoms with Crippen LogP contribution in [0.3, 0.4) is 0 Å². The number of aromatic nitrogens is 3. The van der Waals surface area contributed by atoms with Gasteiger partial charge in [0, 0.05) is 19.6 Å². The molecule has 4 rings (SSSR count). The minimum atomic E-state index is -0.374. The fourth-order valence-corrected chi connectivity index (χ4v) is 3.44. The smallest absolute Gasteiger partial charge is 0.224 e. The van der Waals surface area contributed by atoms with E-state index in [1.165, 1.54) is 6.07 Å². The third-order valence-corrected chi connectivity index (χ3v) is 4.75. The molecule has 1 aliphatic heterocycles. The topological polar surface area (TPSA) is 72.4 Å². The molecule has 2 aromatic heterocycles. The van der Waals surface area contributed by atoms with E-state index in [2.05, 4.69) is 25.2 Å². The first-order valence-corrected chi connectivity index (χ1v) is 9.24. The van der Waals surface area contributed by atoms with Crippen LogP contribution in [0.2, 0.25) is 5.28 Å². The van der Waals surface area contributed by atoms with E-state index in [9.17, 15) is 4.39 Å². The summed E-state index contributed by atoms with van der Waals surface area (Å²) in [5, 5.41) is 4.30. The van der Waals surface area contributed by atoms with Crippen molar-refractivity contribution in [2.24, 2.45) is 0 Å². The monoisotopic (exact) mass is 403 g/mol. The van der Waals surface area contributed by atoms with Crippen LogP contribution in [-0.2, 0) is 0 Å². The Bertz CT molecular complexity index is 990. The predicted molar refractivity (Wildman–Crippen MR) is 105 cm³/mol. The van der Waals surface area contributed by atoms with Gasteiger partial charge in [-0.1, -0.05) is 12.1 Å². The fraction of sp³-hybridized carbons (Fsp3) is 0.316. The molecule has 1 saturated heterocycles. The summed E-state index contributed by atoms with van der Waals surface area (Å²) in [6.45, 7) is 2.39. The SMILES string of the molecule is COc1cncc2nc(Cl)nc(N3CCN[C@@H](COc4ccccc4F)C3)c12. The van der Waals surface area contributed by atoms with Crippen molar-refractivity contribution < 1.29 is 13.9 Å². The molecule has 146 valence electrons. The number of piperazine rings is 1. The maximum absolute atomic E-state index is 13.8. The molecule has 0 bridgehead atoms. The lowest BCUT2D eigenvalue weighted by Gasteiger charge is -2.35. The minimum Gasteiger partial charge on any atom is -0.494 e. The maximum atomic E-state index is 13.8. The summed E-state index contributed by atoms with van der Waals surface area (Å²) in [6, 6.07) is 6.37. The van der Waals surface area contributed by atoms with Crippen molar-refractivity contribution in [3.8, 4) is 11.5 Å². The largest absolute Gasteiger partial charge is 0.494 e. The first-order valence-electron chi connectivity index (χ1n) is 8.86. The summed E-state index contributed by atoms with van der Waals surface area (Å²) in [6.07, 6.45) is 3.26. The molecule has 0 spiro atoms. The number of para-hydroxylation sites is 1. The van der Waals surface area contributed by atoms with Gasteiger partial charge in [0.2, 0.25) is 5.28 Å². The van der Waals surface area contributed by atoms with Crippen molar-refractivity contribution in [3.63, 3.8) is 0 Å². The Morgan fingerprint density at radius 3 is 2.93 bits per heavy atom. The van der Waals surface area contributed by atoms with Crippen LogP contribution in [0.5, 0.6) is 11.5 Å². The van der Waals surface area contributed by atoms with E-state index in [-0.39, 0.29) is 22.9 Å². The molecule has 1 aliphatic rings. The van der Waals surface area contributed by atoms with Gasteiger partial charge >= 0.3 is 0 Å². The zero-order valence-corrected chi connectivity index (χ0v) is 16.0. The number of rotatable bonds is 5. The quantitative estimate of drug-likeness (QED) is 0.656. The molecule has 0 saturated carbocycles. The normalized spacial score (nSPS) is 17.0. The lowest BCUT2D eigenvalue weighted by atomic mass is 10.2. The molecule has 1 aromatic carbocycles. The summed E-state index contributed by atoms with van der Waals surface area (Å²) < 4.78 is 24.9. The number of anilines is 1. The lowest BCUT2D eigenvalue weighted by Crippen LogP contribution is -2.53. The molecule has 0 amide bonds. The number of pyridine rings is 1. The average Bonchev–Trinajstić information content (AvgIpc) is 2.72. The van der Waals surface area contributed by atoms with Crippen molar-refractivity contribution in [2.75, 3.05) is 38.3 Å². The summed E-state index contributed by atoms with van der Waals surface area (Å²) >= 11 is 6.13. The van der Waals surface area contributed by atoms with Gasteiger partial charge in [0.1, 0.15) is 18.2 Å². The average molecular weight is 404 g/mol. The number of nitrogens with zero attached hydrogens (tertiary/aromatic N) is 4. The number of benzene rings is 1. The fourth-order valence-electron chi connectivity index (χ4n) is 3.27. The van der Waals surface area contributed by atoms with Crippen LogP contribution in [0, 0.1) is 5.82 Å². The summed E-state index contributed by atoms with van der Waals surface area (Å²) in [5.74, 6) is 1.14. The molecule has 1 fully saturated rings. The summed E-state index contributed by atoms with van der Waals surface area (Å²) in [7, 11) is 1.58. The number of nitrogens with one attached hydrogen (secondary N) is 1. The van der Waals surface area contributed by atoms with Crippen LogP contribution in [0.25, 0.3) is 10.9 Å². The first kappa shape index (κ1) is 18.6. The van der Waals surface area contributed by atoms with Gasteiger partial charge in [-0.2, -0.15) is 4.98 Å². The van der Waals surface area contributed by atoms with E-state index in [1.54, 1.807) is 37.7 Å². The molecule has 7 nitrogen and oxygen atoms in total. The van der Waals surface area contributed by atoms with E-state index in [0.29, 0.717) is 30.2 Å². The Morgan fingerprint density at radius 2 is 2.11 bits per heavy atom. The zero-order chi connectivity index (χ0) is 19.5. The summed E-state index contributed by atoms with van der Waals surface area (Å²) in [5.41, 5.74) is 0.618. The number of fused-ring (bicyclic) bond motifs is 1. The molecule has 1 N–H and O–H groups in total. The van der Waals surface area contributed by atoms with E-state index >= 15 is 0 Å². The van der Waals surface area contributed by atoms with Gasteiger partial charge in [-0.3, -0.25) is 4.98 Å². The van der Waals surface area contributed by atoms with Crippen molar-refractivity contribution in [1.82, 2.24) is 20.3 Å². The highest BCUT2D eigenvalue weighted by Crippen LogP contribution is 2.32. The van der Waals surface area contributed by atoms with Crippen LogP contribution in [0.1, 0.15) is 0 Å². The van der Waals surface area contributed by atoms with Gasteiger partial charge in [-0.25, -0.2) is 9.37 Å². The second-order valence-electron chi connectivity index (χ2n) is 6.39. The maximum Gasteiger partial charge on any atom is 0.224 e. The Kier molecular flexibility index (Phi) is 5.40. The van der Waals surface area contributed by atoms with Gasteiger partial charge in [0.15, 0.2) is 11.6 Å². The third-order valence-electron chi connectivity index (χ3n) is 4.58. The molecule has 28 heavy (non-hydrogen) atoms. The highest BCUT2D eigenvalue weighted by molar-refractivity contribution is 6.29. The Labute approximate surface area is 166 Å². The molecule has 3 aromatic rings. The molecule has 0 unspecified atom stereocenters. The lowest BCUT2D eigenvalue weighted by molar-refractivity contribution is 0.246. The zero-order valence-electron chi connectivity index (χ0n) is 15.2. The standard InChI is InChI=1S/C19H19ClFN5O2/c1-27-16-9-22-8-14-17(16)18(25-19(20)24-14)26-7-6-23-12(10-26)11-28-15-5-3-2-4-13(15)21/h2-5,8-9,12,23H,6-7,10-11H2,1H3/t12-/m1/s1. The second-order valence-corrected chi connectivity index (χ2v) is 6.73. The number of ether oxygens (including phenoxy) is 2. The Hall–Kier alpha value is -2.71. The van der Waals surface area contributed by atoms with Gasteiger partial charge in [0.25, 0.3) is 0 Å². The minimum absolute atomic E-state index is 0.00928. The van der Waals surface area contributed by atoms with Gasteiger partial charge in [-0.15, -0.1) is 0 Å². The number of methoxy groups -OCH3 is 1. The van der Waals surface area contributed by atoms with Crippen LogP contribution < -0.4 is 19.7 Å².